The monoisotopic (exact) mass is 493 g/mol. The molecule has 0 bridgehead atoms. The maximum Gasteiger partial charge on any atom is 0.263 e. The lowest BCUT2D eigenvalue weighted by Gasteiger charge is -2.10. The molecule has 1 aromatic heterocycles. The normalized spacial score (nSPS) is 10.5. The molecule has 0 unspecified atom stereocenters. The van der Waals surface area contributed by atoms with Crippen LogP contribution < -0.4 is 20.7 Å². The van der Waals surface area contributed by atoms with Crippen LogP contribution in [0.1, 0.15) is 20.0 Å². The van der Waals surface area contributed by atoms with Crippen LogP contribution >= 0.6 is 22.9 Å². The van der Waals surface area contributed by atoms with Crippen LogP contribution in [0.3, 0.4) is 0 Å². The highest BCUT2D eigenvalue weighted by atomic mass is 35.5. The minimum Gasteiger partial charge on any atom is -0.495 e. The van der Waals surface area contributed by atoms with E-state index in [1.165, 1.54) is 18.4 Å². The Hall–Kier alpha value is -3.88. The van der Waals surface area contributed by atoms with E-state index in [1.54, 1.807) is 42.5 Å². The van der Waals surface area contributed by atoms with Gasteiger partial charge in [-0.05, 0) is 42.5 Å². The van der Waals surface area contributed by atoms with E-state index < -0.39 is 11.8 Å². The van der Waals surface area contributed by atoms with Gasteiger partial charge < -0.3 is 20.7 Å². The topological polar surface area (TPSA) is 96.5 Å². The molecule has 3 N–H and O–H groups in total. The zero-order valence-corrected chi connectivity index (χ0v) is 19.6. The molecule has 3 aromatic carbocycles. The van der Waals surface area contributed by atoms with Gasteiger partial charge in [0.15, 0.2) is 0 Å². The molecule has 34 heavy (non-hydrogen) atoms. The molecular formula is C25H20ClN3O4S. The van der Waals surface area contributed by atoms with Crippen LogP contribution in [-0.4, -0.2) is 31.4 Å². The zero-order valence-electron chi connectivity index (χ0n) is 18.1. The summed E-state index contributed by atoms with van der Waals surface area (Å²) in [5.74, 6) is -0.574. The number of hydrogen-bond donors (Lipinski definition) is 3. The van der Waals surface area contributed by atoms with Crippen molar-refractivity contribution >= 4 is 62.1 Å². The number of ether oxygens (including phenoxy) is 1. The number of methoxy groups -OCH3 is 1. The first-order valence-electron chi connectivity index (χ1n) is 10.3. The van der Waals surface area contributed by atoms with Crippen molar-refractivity contribution in [2.45, 2.75) is 0 Å². The van der Waals surface area contributed by atoms with Crippen LogP contribution in [0.4, 0.5) is 11.4 Å². The molecule has 0 saturated carbocycles. The lowest BCUT2D eigenvalue weighted by Crippen LogP contribution is -2.32. The summed E-state index contributed by atoms with van der Waals surface area (Å²) in [6, 6.07) is 21.0. The molecular weight excluding hydrogens is 474 g/mol. The Balaban J connectivity index is 1.32. The van der Waals surface area contributed by atoms with Gasteiger partial charge in [-0.1, -0.05) is 41.9 Å². The molecule has 4 rings (SSSR count). The number of para-hydroxylation sites is 2. The highest BCUT2D eigenvalue weighted by molar-refractivity contribution is 7.21. The van der Waals surface area contributed by atoms with Crippen molar-refractivity contribution < 1.29 is 19.1 Å². The van der Waals surface area contributed by atoms with Crippen LogP contribution in [0.15, 0.2) is 72.8 Å². The third-order valence-corrected chi connectivity index (χ3v) is 6.61. The van der Waals surface area contributed by atoms with Gasteiger partial charge in [0.1, 0.15) is 10.6 Å². The molecule has 0 aliphatic carbocycles. The van der Waals surface area contributed by atoms with E-state index in [0.717, 1.165) is 10.1 Å². The molecule has 4 aromatic rings. The van der Waals surface area contributed by atoms with E-state index in [2.05, 4.69) is 16.0 Å². The van der Waals surface area contributed by atoms with Crippen molar-refractivity contribution in [3.05, 3.63) is 88.3 Å². The van der Waals surface area contributed by atoms with Gasteiger partial charge in [0.25, 0.3) is 11.8 Å². The van der Waals surface area contributed by atoms with Crippen molar-refractivity contribution in [1.29, 1.82) is 0 Å². The van der Waals surface area contributed by atoms with Gasteiger partial charge in [-0.2, -0.15) is 0 Å². The maximum absolute atomic E-state index is 12.5. The molecule has 3 amide bonds. The fourth-order valence-electron chi connectivity index (χ4n) is 3.25. The number of thiophene rings is 1. The minimum atomic E-state index is -0.412. The summed E-state index contributed by atoms with van der Waals surface area (Å²) in [5, 5.41) is 9.25. The summed E-state index contributed by atoms with van der Waals surface area (Å²) in [6.45, 7) is -0.223. The lowest BCUT2D eigenvalue weighted by atomic mass is 10.2. The fraction of sp³-hybridized carbons (Fsp3) is 0.0800. The highest BCUT2D eigenvalue weighted by Gasteiger charge is 2.17. The SMILES string of the molecule is COc1ccccc1NC(=O)c1ccc(NC(=O)CNC(=O)c2sc3ccccc3c2Cl)cc1. The summed E-state index contributed by atoms with van der Waals surface area (Å²) in [5.41, 5.74) is 1.46. The van der Waals surface area contributed by atoms with E-state index in [0.29, 0.717) is 32.6 Å². The number of carbonyl (C=O) groups is 3. The number of anilines is 2. The molecule has 172 valence electrons. The average molecular weight is 494 g/mol. The third kappa shape index (κ3) is 5.19. The number of halogens is 1. The second-order valence-corrected chi connectivity index (χ2v) is 8.63. The lowest BCUT2D eigenvalue weighted by molar-refractivity contribution is -0.115. The van der Waals surface area contributed by atoms with Crippen LogP contribution in [0.25, 0.3) is 10.1 Å². The van der Waals surface area contributed by atoms with Crippen LogP contribution in [0.2, 0.25) is 5.02 Å². The Morgan fingerprint density at radius 1 is 0.882 bits per heavy atom. The van der Waals surface area contributed by atoms with E-state index >= 15 is 0 Å². The number of rotatable bonds is 7. The van der Waals surface area contributed by atoms with Crippen molar-refractivity contribution in [1.82, 2.24) is 5.32 Å². The predicted octanol–water partition coefficient (Wildman–Crippen LogP) is 5.18. The second-order valence-electron chi connectivity index (χ2n) is 7.20. The summed E-state index contributed by atoms with van der Waals surface area (Å²) in [4.78, 5) is 37.6. The Labute approximate surface area is 204 Å². The molecule has 9 heteroatoms. The minimum absolute atomic E-state index is 0.223. The van der Waals surface area contributed by atoms with E-state index in [9.17, 15) is 14.4 Å². The van der Waals surface area contributed by atoms with E-state index in [4.69, 9.17) is 16.3 Å². The number of nitrogens with one attached hydrogen (secondary N) is 3. The Morgan fingerprint density at radius 3 is 2.32 bits per heavy atom. The van der Waals surface area contributed by atoms with Gasteiger partial charge in [-0.25, -0.2) is 0 Å². The van der Waals surface area contributed by atoms with Gasteiger partial charge in [0, 0.05) is 21.3 Å². The molecule has 0 saturated heterocycles. The van der Waals surface area contributed by atoms with E-state index in [1.807, 2.05) is 30.3 Å². The average Bonchev–Trinajstić information content (AvgIpc) is 3.20. The van der Waals surface area contributed by atoms with Gasteiger partial charge in [0.05, 0.1) is 24.4 Å². The summed E-state index contributed by atoms with van der Waals surface area (Å²) in [7, 11) is 1.53. The summed E-state index contributed by atoms with van der Waals surface area (Å²) in [6.07, 6.45) is 0. The van der Waals surface area contributed by atoms with Crippen molar-refractivity contribution in [2.75, 3.05) is 24.3 Å². The van der Waals surface area contributed by atoms with E-state index in [-0.39, 0.29) is 12.5 Å². The number of fused-ring (bicyclic) bond motifs is 1. The Morgan fingerprint density at radius 2 is 1.59 bits per heavy atom. The maximum atomic E-state index is 12.5. The van der Waals surface area contributed by atoms with Crippen LogP contribution in [0, 0.1) is 0 Å². The third-order valence-electron chi connectivity index (χ3n) is 4.94. The number of amides is 3. The number of benzene rings is 3. The first kappa shape index (κ1) is 23.3. The largest absolute Gasteiger partial charge is 0.495 e. The summed E-state index contributed by atoms with van der Waals surface area (Å²) < 4.78 is 6.14. The molecule has 0 spiro atoms. The first-order valence-corrected chi connectivity index (χ1v) is 11.4. The zero-order chi connectivity index (χ0) is 24.1. The summed E-state index contributed by atoms with van der Waals surface area (Å²) >= 11 is 7.59. The molecule has 0 atom stereocenters. The van der Waals surface area contributed by atoms with Crippen LogP contribution in [0.5, 0.6) is 5.75 Å². The molecule has 0 fully saturated rings. The molecule has 0 radical (unpaired) electrons. The first-order chi connectivity index (χ1) is 16.5. The quantitative estimate of drug-likeness (QED) is 0.330. The Bertz CT molecular complexity index is 1370. The standard InChI is InChI=1S/C25H20ClN3O4S/c1-33-19-8-4-3-7-18(19)29-24(31)15-10-12-16(13-11-15)28-21(30)14-27-25(32)23-22(26)17-6-2-5-9-20(17)34-23/h2-13H,14H2,1H3,(H,27,32)(H,28,30)(H,29,31). The molecule has 0 aliphatic rings. The molecule has 1 heterocycles. The fourth-order valence-corrected chi connectivity index (χ4v) is 4.69. The van der Waals surface area contributed by atoms with Gasteiger partial charge in [-0.3, -0.25) is 14.4 Å². The molecule has 7 nitrogen and oxygen atoms in total. The van der Waals surface area contributed by atoms with Gasteiger partial charge in [-0.15, -0.1) is 11.3 Å². The van der Waals surface area contributed by atoms with Crippen molar-refractivity contribution in [3.8, 4) is 5.75 Å². The number of carbonyl (C=O) groups excluding carboxylic acids is 3. The Kier molecular flexibility index (Phi) is 7.10. The van der Waals surface area contributed by atoms with Gasteiger partial charge in [0.2, 0.25) is 5.91 Å². The van der Waals surface area contributed by atoms with Crippen LogP contribution in [-0.2, 0) is 4.79 Å². The molecule has 0 aliphatic heterocycles. The number of hydrogen-bond acceptors (Lipinski definition) is 5. The predicted molar refractivity (Wildman–Crippen MR) is 135 cm³/mol. The smallest absolute Gasteiger partial charge is 0.263 e. The van der Waals surface area contributed by atoms with Gasteiger partial charge >= 0.3 is 0 Å². The van der Waals surface area contributed by atoms with Crippen molar-refractivity contribution in [3.63, 3.8) is 0 Å². The van der Waals surface area contributed by atoms with Crippen molar-refractivity contribution in [2.24, 2.45) is 0 Å². The highest BCUT2D eigenvalue weighted by Crippen LogP contribution is 2.35. The second kappa shape index (κ2) is 10.4.